The SMILES string of the molecule is CC(N)CN1CC(C(=O)O)CC1=O. The predicted octanol–water partition coefficient (Wildman–Crippen LogP) is -0.733. The van der Waals surface area contributed by atoms with Crippen LogP contribution in [0.1, 0.15) is 13.3 Å². The lowest BCUT2D eigenvalue weighted by molar-refractivity contribution is -0.141. The monoisotopic (exact) mass is 186 g/mol. The molecule has 1 rings (SSSR count). The fourth-order valence-electron chi connectivity index (χ4n) is 1.46. The Labute approximate surface area is 76.5 Å². The number of carboxylic acids is 1. The number of aliphatic carboxylic acids is 1. The lowest BCUT2D eigenvalue weighted by atomic mass is 10.1. The Kier molecular flexibility index (Phi) is 2.87. The molecule has 1 fully saturated rings. The van der Waals surface area contributed by atoms with Crippen LogP contribution >= 0.6 is 0 Å². The average molecular weight is 186 g/mol. The van der Waals surface area contributed by atoms with Gasteiger partial charge in [-0.15, -0.1) is 0 Å². The third kappa shape index (κ3) is 2.42. The van der Waals surface area contributed by atoms with Crippen molar-refractivity contribution in [2.75, 3.05) is 13.1 Å². The van der Waals surface area contributed by atoms with Crippen LogP contribution in [0.2, 0.25) is 0 Å². The van der Waals surface area contributed by atoms with E-state index in [1.807, 2.05) is 0 Å². The van der Waals surface area contributed by atoms with Gasteiger partial charge in [0, 0.05) is 25.6 Å². The summed E-state index contributed by atoms with van der Waals surface area (Å²) in [6, 6.07) is -0.100. The number of carboxylic acid groups (broad SMARTS) is 1. The number of nitrogens with two attached hydrogens (primary N) is 1. The standard InChI is InChI=1S/C8H14N2O3/c1-5(9)3-10-4-6(8(12)13)2-7(10)11/h5-6H,2-4,9H2,1H3,(H,12,13). The summed E-state index contributed by atoms with van der Waals surface area (Å²) in [5.74, 6) is -1.56. The van der Waals surface area contributed by atoms with E-state index in [1.54, 1.807) is 6.92 Å². The van der Waals surface area contributed by atoms with Crippen molar-refractivity contribution in [3.05, 3.63) is 0 Å². The molecule has 3 N–H and O–H groups in total. The lowest BCUT2D eigenvalue weighted by Crippen LogP contribution is -2.36. The Morgan fingerprint density at radius 2 is 2.46 bits per heavy atom. The van der Waals surface area contributed by atoms with Crippen molar-refractivity contribution in [3.63, 3.8) is 0 Å². The van der Waals surface area contributed by atoms with Crippen molar-refractivity contribution in [2.45, 2.75) is 19.4 Å². The average Bonchev–Trinajstić information content (AvgIpc) is 2.31. The summed E-state index contributed by atoms with van der Waals surface area (Å²) in [7, 11) is 0. The normalized spacial score (nSPS) is 24.9. The molecule has 0 bridgehead atoms. The molecule has 0 aromatic rings. The van der Waals surface area contributed by atoms with E-state index in [-0.39, 0.29) is 18.4 Å². The van der Waals surface area contributed by atoms with Crippen molar-refractivity contribution in [1.82, 2.24) is 4.90 Å². The van der Waals surface area contributed by atoms with Gasteiger partial charge in [0.1, 0.15) is 0 Å². The van der Waals surface area contributed by atoms with Crippen LogP contribution in [0, 0.1) is 5.92 Å². The van der Waals surface area contributed by atoms with Crippen LogP contribution in [0.3, 0.4) is 0 Å². The zero-order valence-electron chi connectivity index (χ0n) is 7.56. The first-order valence-electron chi connectivity index (χ1n) is 4.27. The molecule has 0 aliphatic carbocycles. The molecule has 5 heteroatoms. The van der Waals surface area contributed by atoms with Gasteiger partial charge < -0.3 is 15.7 Å². The molecular formula is C8H14N2O3. The Morgan fingerprint density at radius 1 is 1.85 bits per heavy atom. The Balaban J connectivity index is 2.51. The summed E-state index contributed by atoms with van der Waals surface area (Å²) in [6.45, 7) is 2.54. The first kappa shape index (κ1) is 9.98. The second-order valence-corrected chi connectivity index (χ2v) is 3.52. The van der Waals surface area contributed by atoms with E-state index in [4.69, 9.17) is 10.8 Å². The Bertz CT molecular complexity index is 227. The lowest BCUT2D eigenvalue weighted by Gasteiger charge is -2.17. The molecule has 0 spiro atoms. The molecule has 1 aliphatic rings. The molecule has 1 heterocycles. The van der Waals surface area contributed by atoms with Crippen LogP contribution in [0.15, 0.2) is 0 Å². The molecule has 0 saturated carbocycles. The molecule has 0 aromatic heterocycles. The maximum atomic E-state index is 11.2. The van der Waals surface area contributed by atoms with Gasteiger partial charge in [-0.2, -0.15) is 0 Å². The summed E-state index contributed by atoms with van der Waals surface area (Å²) >= 11 is 0. The molecule has 2 unspecified atom stereocenters. The minimum atomic E-state index is -0.902. The van der Waals surface area contributed by atoms with E-state index >= 15 is 0 Å². The minimum absolute atomic E-state index is 0.100. The molecule has 1 saturated heterocycles. The van der Waals surface area contributed by atoms with Gasteiger partial charge in [0.15, 0.2) is 0 Å². The second kappa shape index (κ2) is 3.74. The van der Waals surface area contributed by atoms with Gasteiger partial charge in [0.05, 0.1) is 5.92 Å². The second-order valence-electron chi connectivity index (χ2n) is 3.52. The fraction of sp³-hybridized carbons (Fsp3) is 0.750. The number of nitrogens with zero attached hydrogens (tertiary/aromatic N) is 1. The molecule has 13 heavy (non-hydrogen) atoms. The highest BCUT2D eigenvalue weighted by Crippen LogP contribution is 2.17. The summed E-state index contributed by atoms with van der Waals surface area (Å²) in [5, 5.41) is 8.67. The quantitative estimate of drug-likeness (QED) is 0.608. The van der Waals surface area contributed by atoms with E-state index in [0.717, 1.165) is 0 Å². The number of amides is 1. The van der Waals surface area contributed by atoms with Crippen molar-refractivity contribution in [1.29, 1.82) is 0 Å². The number of likely N-dealkylation sites (tertiary alicyclic amines) is 1. The summed E-state index contributed by atoms with van der Waals surface area (Å²) in [4.78, 5) is 23.3. The van der Waals surface area contributed by atoms with Crippen molar-refractivity contribution >= 4 is 11.9 Å². The van der Waals surface area contributed by atoms with Gasteiger partial charge >= 0.3 is 5.97 Å². The highest BCUT2D eigenvalue weighted by atomic mass is 16.4. The van der Waals surface area contributed by atoms with Crippen LogP contribution in [-0.4, -0.2) is 41.0 Å². The molecule has 0 aromatic carbocycles. The molecule has 1 aliphatic heterocycles. The number of carbonyl (C=O) groups excluding carboxylic acids is 1. The Hall–Kier alpha value is -1.10. The molecular weight excluding hydrogens is 172 g/mol. The zero-order valence-corrected chi connectivity index (χ0v) is 7.56. The van der Waals surface area contributed by atoms with E-state index in [9.17, 15) is 9.59 Å². The van der Waals surface area contributed by atoms with Crippen LogP contribution < -0.4 is 5.73 Å². The van der Waals surface area contributed by atoms with Gasteiger partial charge in [-0.05, 0) is 6.92 Å². The van der Waals surface area contributed by atoms with E-state index in [1.165, 1.54) is 4.90 Å². The van der Waals surface area contributed by atoms with Gasteiger partial charge in [-0.1, -0.05) is 0 Å². The first-order valence-corrected chi connectivity index (χ1v) is 4.27. The highest BCUT2D eigenvalue weighted by Gasteiger charge is 2.34. The largest absolute Gasteiger partial charge is 0.481 e. The third-order valence-electron chi connectivity index (χ3n) is 2.07. The number of hydrogen-bond acceptors (Lipinski definition) is 3. The van der Waals surface area contributed by atoms with Crippen molar-refractivity contribution in [2.24, 2.45) is 11.7 Å². The van der Waals surface area contributed by atoms with E-state index in [0.29, 0.717) is 13.1 Å². The van der Waals surface area contributed by atoms with Gasteiger partial charge in [0.2, 0.25) is 5.91 Å². The van der Waals surface area contributed by atoms with Crippen LogP contribution in [0.4, 0.5) is 0 Å². The summed E-state index contributed by atoms with van der Waals surface area (Å²) in [5.41, 5.74) is 5.51. The summed E-state index contributed by atoms with van der Waals surface area (Å²) < 4.78 is 0. The number of rotatable bonds is 3. The van der Waals surface area contributed by atoms with Crippen LogP contribution in [0.5, 0.6) is 0 Å². The molecule has 2 atom stereocenters. The van der Waals surface area contributed by atoms with Crippen LogP contribution in [0.25, 0.3) is 0 Å². The highest BCUT2D eigenvalue weighted by molar-refractivity contribution is 5.86. The van der Waals surface area contributed by atoms with Gasteiger partial charge in [0.25, 0.3) is 0 Å². The fourth-order valence-corrected chi connectivity index (χ4v) is 1.46. The van der Waals surface area contributed by atoms with Crippen LogP contribution in [-0.2, 0) is 9.59 Å². The van der Waals surface area contributed by atoms with Gasteiger partial charge in [-0.3, -0.25) is 9.59 Å². The number of carbonyl (C=O) groups is 2. The van der Waals surface area contributed by atoms with Gasteiger partial charge in [-0.25, -0.2) is 0 Å². The predicted molar refractivity (Wildman–Crippen MR) is 46.0 cm³/mol. The van der Waals surface area contributed by atoms with Crippen molar-refractivity contribution < 1.29 is 14.7 Å². The molecule has 0 radical (unpaired) electrons. The minimum Gasteiger partial charge on any atom is -0.481 e. The maximum Gasteiger partial charge on any atom is 0.308 e. The zero-order chi connectivity index (χ0) is 10.0. The number of hydrogen-bond donors (Lipinski definition) is 2. The smallest absolute Gasteiger partial charge is 0.308 e. The Morgan fingerprint density at radius 3 is 2.85 bits per heavy atom. The van der Waals surface area contributed by atoms with Crippen molar-refractivity contribution in [3.8, 4) is 0 Å². The van der Waals surface area contributed by atoms with E-state index in [2.05, 4.69) is 0 Å². The topological polar surface area (TPSA) is 83.6 Å². The molecule has 5 nitrogen and oxygen atoms in total. The molecule has 74 valence electrons. The maximum absolute atomic E-state index is 11.2. The molecule has 1 amide bonds. The van der Waals surface area contributed by atoms with E-state index < -0.39 is 11.9 Å². The third-order valence-corrected chi connectivity index (χ3v) is 2.07. The summed E-state index contributed by atoms with van der Waals surface area (Å²) in [6.07, 6.45) is 0.113. The first-order chi connectivity index (χ1) is 6.00.